The highest BCUT2D eigenvalue weighted by Crippen LogP contribution is 2.36. The molecule has 0 bridgehead atoms. The highest BCUT2D eigenvalue weighted by Gasteiger charge is 2.11. The first-order valence-corrected chi connectivity index (χ1v) is 9.20. The van der Waals surface area contributed by atoms with Crippen molar-refractivity contribution in [1.29, 1.82) is 0 Å². The maximum Gasteiger partial charge on any atom is 0.336 e. The van der Waals surface area contributed by atoms with Crippen molar-refractivity contribution in [1.82, 2.24) is 0 Å². The van der Waals surface area contributed by atoms with Crippen molar-refractivity contribution in [3.8, 4) is 17.2 Å². The molecule has 0 aliphatic carbocycles. The van der Waals surface area contributed by atoms with E-state index in [2.05, 4.69) is 0 Å². The molecule has 1 heterocycles. The molecule has 0 saturated heterocycles. The summed E-state index contributed by atoms with van der Waals surface area (Å²) in [6.45, 7) is -0.0930. The summed E-state index contributed by atoms with van der Waals surface area (Å²) in [4.78, 5) is 24.0. The number of carbonyl (C=O) groups is 1. The van der Waals surface area contributed by atoms with Crippen LogP contribution in [0.2, 0.25) is 5.02 Å². The number of fused-ring (bicyclic) bond motifs is 1. The Bertz CT molecular complexity index is 1160. The number of halogens is 1. The lowest BCUT2D eigenvalue weighted by atomic mass is 10.1. The molecular formula is C22H19ClO7. The van der Waals surface area contributed by atoms with E-state index in [9.17, 15) is 9.59 Å². The summed E-state index contributed by atoms with van der Waals surface area (Å²) in [5, 5.41) is 1.00. The molecule has 156 valence electrons. The first-order chi connectivity index (χ1) is 14.4. The second-order valence-electron chi connectivity index (χ2n) is 6.13. The first kappa shape index (κ1) is 21.3. The normalized spacial score (nSPS) is 10.9. The lowest BCUT2D eigenvalue weighted by molar-refractivity contribution is -0.138. The van der Waals surface area contributed by atoms with E-state index < -0.39 is 11.6 Å². The molecule has 8 heteroatoms. The van der Waals surface area contributed by atoms with Crippen LogP contribution in [0.1, 0.15) is 11.1 Å². The van der Waals surface area contributed by atoms with E-state index in [1.807, 2.05) is 0 Å². The van der Waals surface area contributed by atoms with E-state index in [1.54, 1.807) is 36.4 Å². The van der Waals surface area contributed by atoms with Crippen molar-refractivity contribution in [2.75, 3.05) is 21.3 Å². The SMILES string of the molecule is COc1ccc2c(COC(=O)/C=C/c3cc(Cl)c(OC)c(OC)c3)cc(=O)oc2c1. The van der Waals surface area contributed by atoms with E-state index >= 15 is 0 Å². The number of methoxy groups -OCH3 is 3. The molecular weight excluding hydrogens is 412 g/mol. The van der Waals surface area contributed by atoms with Gasteiger partial charge in [-0.15, -0.1) is 0 Å². The van der Waals surface area contributed by atoms with Crippen LogP contribution in [-0.2, 0) is 16.1 Å². The topological polar surface area (TPSA) is 84.2 Å². The molecule has 7 nitrogen and oxygen atoms in total. The fourth-order valence-corrected chi connectivity index (χ4v) is 3.15. The van der Waals surface area contributed by atoms with Crippen LogP contribution in [0, 0.1) is 0 Å². The lowest BCUT2D eigenvalue weighted by Gasteiger charge is -2.10. The van der Waals surface area contributed by atoms with Crippen molar-refractivity contribution >= 4 is 34.6 Å². The molecule has 0 atom stereocenters. The van der Waals surface area contributed by atoms with Gasteiger partial charge in [-0.25, -0.2) is 9.59 Å². The molecule has 1 aromatic heterocycles. The van der Waals surface area contributed by atoms with Gasteiger partial charge < -0.3 is 23.4 Å². The zero-order valence-electron chi connectivity index (χ0n) is 16.6. The van der Waals surface area contributed by atoms with Gasteiger partial charge in [-0.1, -0.05) is 11.6 Å². The third-order valence-corrected chi connectivity index (χ3v) is 4.56. The second-order valence-corrected chi connectivity index (χ2v) is 6.54. The minimum absolute atomic E-state index is 0.0930. The molecule has 2 aromatic carbocycles. The Hall–Kier alpha value is -3.45. The van der Waals surface area contributed by atoms with Gasteiger partial charge in [0, 0.05) is 29.2 Å². The molecule has 0 radical (unpaired) electrons. The Morgan fingerprint density at radius 2 is 1.87 bits per heavy atom. The van der Waals surface area contributed by atoms with Gasteiger partial charge in [0.25, 0.3) is 0 Å². The third-order valence-electron chi connectivity index (χ3n) is 4.28. The fourth-order valence-electron chi connectivity index (χ4n) is 2.85. The molecule has 0 amide bonds. The van der Waals surface area contributed by atoms with Gasteiger partial charge >= 0.3 is 11.6 Å². The van der Waals surface area contributed by atoms with Crippen LogP contribution in [0.5, 0.6) is 17.2 Å². The smallest absolute Gasteiger partial charge is 0.336 e. The van der Waals surface area contributed by atoms with Crippen LogP contribution < -0.4 is 19.8 Å². The Kier molecular flexibility index (Phi) is 6.64. The summed E-state index contributed by atoms with van der Waals surface area (Å²) in [7, 11) is 4.50. The van der Waals surface area contributed by atoms with Gasteiger partial charge in [0.2, 0.25) is 0 Å². The van der Waals surface area contributed by atoms with Crippen LogP contribution in [0.15, 0.2) is 51.7 Å². The number of esters is 1. The Morgan fingerprint density at radius 3 is 2.57 bits per heavy atom. The lowest BCUT2D eigenvalue weighted by Crippen LogP contribution is -2.05. The van der Waals surface area contributed by atoms with Crippen LogP contribution in [0.25, 0.3) is 17.0 Å². The minimum atomic E-state index is -0.587. The Labute approximate surface area is 177 Å². The van der Waals surface area contributed by atoms with Gasteiger partial charge in [0.1, 0.15) is 17.9 Å². The summed E-state index contributed by atoms with van der Waals surface area (Å²) in [6.07, 6.45) is 2.80. The molecule has 0 N–H and O–H groups in total. The quantitative estimate of drug-likeness (QED) is 0.315. The summed E-state index contributed by atoms with van der Waals surface area (Å²) in [6, 6.07) is 9.67. The third kappa shape index (κ3) is 4.75. The summed E-state index contributed by atoms with van der Waals surface area (Å²) >= 11 is 6.16. The average molecular weight is 431 g/mol. The molecule has 3 aromatic rings. The van der Waals surface area contributed by atoms with Crippen molar-refractivity contribution < 1.29 is 28.2 Å². The number of ether oxygens (including phenoxy) is 4. The van der Waals surface area contributed by atoms with Crippen LogP contribution in [-0.4, -0.2) is 27.3 Å². The van der Waals surface area contributed by atoms with E-state index in [-0.39, 0.29) is 6.61 Å². The number of hydrogen-bond donors (Lipinski definition) is 0. The van der Waals surface area contributed by atoms with Gasteiger partial charge in [0.15, 0.2) is 11.5 Å². The zero-order chi connectivity index (χ0) is 21.7. The standard InChI is InChI=1S/C22H19ClO7/c1-26-15-5-6-16-14(10-21(25)30-18(16)11-15)12-29-20(24)7-4-13-8-17(23)22(28-3)19(9-13)27-2/h4-11H,12H2,1-3H3/b7-4+. The van der Waals surface area contributed by atoms with Crippen LogP contribution in [0.3, 0.4) is 0 Å². The predicted octanol–water partition coefficient (Wildman–Crippen LogP) is 4.23. The number of hydrogen-bond acceptors (Lipinski definition) is 7. The second kappa shape index (κ2) is 9.37. The van der Waals surface area contributed by atoms with Gasteiger partial charge in [-0.05, 0) is 35.9 Å². The first-order valence-electron chi connectivity index (χ1n) is 8.82. The Balaban J connectivity index is 1.75. The fraction of sp³-hybridized carbons (Fsp3) is 0.182. The van der Waals surface area contributed by atoms with E-state index in [1.165, 1.54) is 33.5 Å². The van der Waals surface area contributed by atoms with Gasteiger partial charge in [-0.3, -0.25) is 0 Å². The number of benzene rings is 2. The molecule has 0 aliphatic heterocycles. The highest BCUT2D eigenvalue weighted by molar-refractivity contribution is 6.32. The van der Waals surface area contributed by atoms with Crippen molar-refractivity contribution in [2.24, 2.45) is 0 Å². The maximum atomic E-state index is 12.2. The van der Waals surface area contributed by atoms with Crippen molar-refractivity contribution in [3.63, 3.8) is 0 Å². The summed E-state index contributed by atoms with van der Waals surface area (Å²) < 4.78 is 26.0. The molecule has 3 rings (SSSR count). The molecule has 0 saturated carbocycles. The van der Waals surface area contributed by atoms with Crippen LogP contribution >= 0.6 is 11.6 Å². The molecule has 30 heavy (non-hydrogen) atoms. The molecule has 0 spiro atoms. The Morgan fingerprint density at radius 1 is 1.07 bits per heavy atom. The number of rotatable bonds is 7. The van der Waals surface area contributed by atoms with E-state index in [0.717, 1.165) is 0 Å². The largest absolute Gasteiger partial charge is 0.497 e. The van der Waals surface area contributed by atoms with Crippen molar-refractivity contribution in [2.45, 2.75) is 6.61 Å². The summed E-state index contributed by atoms with van der Waals surface area (Å²) in [5.41, 5.74) is 0.966. The minimum Gasteiger partial charge on any atom is -0.497 e. The van der Waals surface area contributed by atoms with Gasteiger partial charge in [0.05, 0.1) is 26.4 Å². The van der Waals surface area contributed by atoms with Gasteiger partial charge in [-0.2, -0.15) is 0 Å². The molecule has 0 unspecified atom stereocenters. The summed E-state index contributed by atoms with van der Waals surface area (Å²) in [5.74, 6) is 0.813. The van der Waals surface area contributed by atoms with E-state index in [0.29, 0.717) is 44.4 Å². The monoisotopic (exact) mass is 430 g/mol. The highest BCUT2D eigenvalue weighted by atomic mass is 35.5. The molecule has 0 aliphatic rings. The van der Waals surface area contributed by atoms with Crippen molar-refractivity contribution in [3.05, 3.63) is 69.0 Å². The van der Waals surface area contributed by atoms with Crippen LogP contribution in [0.4, 0.5) is 0 Å². The molecule has 0 fully saturated rings. The maximum absolute atomic E-state index is 12.2. The zero-order valence-corrected chi connectivity index (χ0v) is 17.3. The average Bonchev–Trinajstić information content (AvgIpc) is 2.74. The predicted molar refractivity (Wildman–Crippen MR) is 112 cm³/mol. The number of carbonyl (C=O) groups excluding carboxylic acids is 1. The van der Waals surface area contributed by atoms with E-state index in [4.69, 9.17) is 35.0 Å².